The fraction of sp³-hybridized carbons (Fsp3) is 0.250. The molecule has 0 aliphatic heterocycles. The van der Waals surface area contributed by atoms with Crippen LogP contribution in [-0.2, 0) is 0 Å². The number of hydrazone groups is 1. The lowest BCUT2D eigenvalue weighted by atomic mass is 10.1. The summed E-state index contributed by atoms with van der Waals surface area (Å²) < 4.78 is 5.63. The van der Waals surface area contributed by atoms with Crippen LogP contribution in [0.4, 0.5) is 5.69 Å². The molecule has 2 rings (SSSR count). The summed E-state index contributed by atoms with van der Waals surface area (Å²) in [4.78, 5) is 10.2. The summed E-state index contributed by atoms with van der Waals surface area (Å²) >= 11 is 5.11. The van der Waals surface area contributed by atoms with Crippen molar-refractivity contribution in [2.75, 3.05) is 0 Å². The number of non-ortho nitro benzene ring substituents is 1. The van der Waals surface area contributed by atoms with Gasteiger partial charge in [-0.1, -0.05) is 0 Å². The van der Waals surface area contributed by atoms with Gasteiger partial charge in [0, 0.05) is 23.2 Å². The van der Waals surface area contributed by atoms with Gasteiger partial charge >= 0.3 is 0 Å². The Balaban J connectivity index is 1.99. The fourth-order valence-corrected chi connectivity index (χ4v) is 2.21. The second kappa shape index (κ2) is 7.22. The Bertz CT molecular complexity index is 760. The van der Waals surface area contributed by atoms with Gasteiger partial charge in [-0.25, -0.2) is 0 Å². The van der Waals surface area contributed by atoms with E-state index in [9.17, 15) is 10.1 Å². The number of benzene rings is 1. The van der Waals surface area contributed by atoms with E-state index in [4.69, 9.17) is 16.6 Å². The van der Waals surface area contributed by atoms with Crippen molar-refractivity contribution in [1.29, 1.82) is 0 Å². The maximum atomic E-state index is 10.7. The molecule has 0 aliphatic carbocycles. The maximum absolute atomic E-state index is 10.7. The second-order valence-corrected chi connectivity index (χ2v) is 6.49. The number of hydrogen-bond donors (Lipinski definition) is 2. The summed E-state index contributed by atoms with van der Waals surface area (Å²) in [5.41, 5.74) is 3.35. The highest BCUT2D eigenvalue weighted by Crippen LogP contribution is 2.23. The normalized spacial score (nSPS) is 11.5. The molecule has 0 radical (unpaired) electrons. The molecule has 7 nitrogen and oxygen atoms in total. The zero-order valence-electron chi connectivity index (χ0n) is 13.6. The van der Waals surface area contributed by atoms with Crippen LogP contribution in [0, 0.1) is 10.1 Å². The largest absolute Gasteiger partial charge is 0.455 e. The molecule has 0 aliphatic rings. The average molecular weight is 346 g/mol. The highest BCUT2D eigenvalue weighted by atomic mass is 32.1. The molecule has 1 heterocycles. The van der Waals surface area contributed by atoms with E-state index in [0.717, 1.165) is 5.56 Å². The SMILES string of the molecule is CC(C)(C)NC(=S)N/N=C\c1ccc(-c2ccc([N+](=O)[O-])cc2)o1. The highest BCUT2D eigenvalue weighted by Gasteiger charge is 2.10. The monoisotopic (exact) mass is 346 g/mol. The van der Waals surface area contributed by atoms with Gasteiger partial charge in [-0.2, -0.15) is 5.10 Å². The van der Waals surface area contributed by atoms with Crippen molar-refractivity contribution in [3.8, 4) is 11.3 Å². The molecule has 0 saturated heterocycles. The predicted molar refractivity (Wildman–Crippen MR) is 97.0 cm³/mol. The standard InChI is InChI=1S/C16H18N4O3S/c1-16(2,3)18-15(24)19-17-10-13-8-9-14(23-13)11-4-6-12(7-5-11)20(21)22/h4-10H,1-3H3,(H2,18,19,24)/b17-10-. The number of nitro benzene ring substituents is 1. The van der Waals surface area contributed by atoms with Crippen LogP contribution in [0.5, 0.6) is 0 Å². The van der Waals surface area contributed by atoms with E-state index in [1.165, 1.54) is 18.3 Å². The van der Waals surface area contributed by atoms with Crippen molar-refractivity contribution in [2.45, 2.75) is 26.3 Å². The van der Waals surface area contributed by atoms with Crippen molar-refractivity contribution in [1.82, 2.24) is 10.7 Å². The first-order valence-electron chi connectivity index (χ1n) is 7.20. The van der Waals surface area contributed by atoms with Crippen LogP contribution in [0.15, 0.2) is 45.9 Å². The molecule has 2 aromatic rings. The molecular weight excluding hydrogens is 328 g/mol. The number of hydrogen-bond acceptors (Lipinski definition) is 5. The zero-order chi connectivity index (χ0) is 17.7. The lowest BCUT2D eigenvalue weighted by Crippen LogP contribution is -2.44. The van der Waals surface area contributed by atoms with E-state index in [-0.39, 0.29) is 11.2 Å². The molecular formula is C16H18N4O3S. The number of nitrogens with one attached hydrogen (secondary N) is 2. The van der Waals surface area contributed by atoms with Crippen molar-refractivity contribution in [3.05, 3.63) is 52.3 Å². The smallest absolute Gasteiger partial charge is 0.269 e. The quantitative estimate of drug-likeness (QED) is 0.381. The minimum atomic E-state index is -0.440. The van der Waals surface area contributed by atoms with Gasteiger partial charge in [0.2, 0.25) is 0 Å². The van der Waals surface area contributed by atoms with Crippen LogP contribution in [-0.4, -0.2) is 21.8 Å². The molecule has 1 aromatic carbocycles. The molecule has 24 heavy (non-hydrogen) atoms. The third-order valence-electron chi connectivity index (χ3n) is 2.84. The lowest BCUT2D eigenvalue weighted by Gasteiger charge is -2.21. The molecule has 0 atom stereocenters. The summed E-state index contributed by atoms with van der Waals surface area (Å²) in [6, 6.07) is 9.67. The predicted octanol–water partition coefficient (Wildman–Crippen LogP) is 3.45. The van der Waals surface area contributed by atoms with Crippen molar-refractivity contribution in [2.24, 2.45) is 5.10 Å². The van der Waals surface area contributed by atoms with Gasteiger partial charge in [0.05, 0.1) is 11.1 Å². The molecule has 126 valence electrons. The van der Waals surface area contributed by atoms with Crippen molar-refractivity contribution >= 4 is 29.2 Å². The molecule has 2 N–H and O–H groups in total. The third kappa shape index (κ3) is 5.17. The molecule has 0 bridgehead atoms. The van der Waals surface area contributed by atoms with Crippen LogP contribution in [0.1, 0.15) is 26.5 Å². The van der Waals surface area contributed by atoms with Gasteiger partial charge in [0.25, 0.3) is 5.69 Å². The first-order valence-corrected chi connectivity index (χ1v) is 7.61. The molecule has 0 unspecified atom stereocenters. The van der Waals surface area contributed by atoms with E-state index in [1.807, 2.05) is 20.8 Å². The number of nitro groups is 1. The minimum Gasteiger partial charge on any atom is -0.455 e. The van der Waals surface area contributed by atoms with Crippen LogP contribution >= 0.6 is 12.2 Å². The van der Waals surface area contributed by atoms with Gasteiger partial charge in [-0.15, -0.1) is 0 Å². The van der Waals surface area contributed by atoms with Gasteiger partial charge < -0.3 is 9.73 Å². The van der Waals surface area contributed by atoms with E-state index in [0.29, 0.717) is 16.6 Å². The van der Waals surface area contributed by atoms with Crippen LogP contribution in [0.25, 0.3) is 11.3 Å². The zero-order valence-corrected chi connectivity index (χ0v) is 14.4. The molecule has 8 heteroatoms. The van der Waals surface area contributed by atoms with E-state index in [1.54, 1.807) is 24.3 Å². The van der Waals surface area contributed by atoms with E-state index < -0.39 is 4.92 Å². The van der Waals surface area contributed by atoms with Crippen LogP contribution < -0.4 is 10.7 Å². The molecule has 1 aromatic heterocycles. The fourth-order valence-electron chi connectivity index (χ4n) is 1.85. The number of rotatable bonds is 4. The number of thiocarbonyl (C=S) groups is 1. The number of nitrogens with zero attached hydrogens (tertiary/aromatic N) is 2. The molecule has 0 saturated carbocycles. The third-order valence-corrected chi connectivity index (χ3v) is 3.03. The summed E-state index contributed by atoms with van der Waals surface area (Å²) in [6.45, 7) is 5.98. The summed E-state index contributed by atoms with van der Waals surface area (Å²) in [7, 11) is 0. The van der Waals surface area contributed by atoms with E-state index >= 15 is 0 Å². The van der Waals surface area contributed by atoms with Crippen LogP contribution in [0.3, 0.4) is 0 Å². The topological polar surface area (TPSA) is 92.7 Å². The van der Waals surface area contributed by atoms with Gasteiger partial charge in [-0.3, -0.25) is 15.5 Å². The Morgan fingerprint density at radius 1 is 1.25 bits per heavy atom. The van der Waals surface area contributed by atoms with Crippen molar-refractivity contribution in [3.63, 3.8) is 0 Å². The maximum Gasteiger partial charge on any atom is 0.269 e. The van der Waals surface area contributed by atoms with Crippen molar-refractivity contribution < 1.29 is 9.34 Å². The van der Waals surface area contributed by atoms with Gasteiger partial charge in [-0.05, 0) is 57.3 Å². The van der Waals surface area contributed by atoms with E-state index in [2.05, 4.69) is 15.8 Å². The summed E-state index contributed by atoms with van der Waals surface area (Å²) in [6.07, 6.45) is 1.51. The minimum absolute atomic E-state index is 0.0381. The summed E-state index contributed by atoms with van der Waals surface area (Å²) in [5, 5.41) is 18.2. The average Bonchev–Trinajstić information content (AvgIpc) is 2.94. The Morgan fingerprint density at radius 3 is 2.50 bits per heavy atom. The lowest BCUT2D eigenvalue weighted by molar-refractivity contribution is -0.384. The van der Waals surface area contributed by atoms with Gasteiger partial charge in [0.1, 0.15) is 11.5 Å². The Morgan fingerprint density at radius 2 is 1.92 bits per heavy atom. The first-order chi connectivity index (χ1) is 11.2. The Labute approximate surface area is 144 Å². The molecule has 0 spiro atoms. The number of furan rings is 1. The summed E-state index contributed by atoms with van der Waals surface area (Å²) in [5.74, 6) is 1.14. The Hall–Kier alpha value is -2.74. The highest BCUT2D eigenvalue weighted by molar-refractivity contribution is 7.80. The second-order valence-electron chi connectivity index (χ2n) is 6.08. The van der Waals surface area contributed by atoms with Crippen LogP contribution in [0.2, 0.25) is 0 Å². The Kier molecular flexibility index (Phi) is 5.30. The molecule has 0 fully saturated rings. The first kappa shape index (κ1) is 17.6. The van der Waals surface area contributed by atoms with Gasteiger partial charge in [0.15, 0.2) is 5.11 Å². The molecule has 0 amide bonds.